The fourth-order valence-corrected chi connectivity index (χ4v) is 1.12. The normalized spacial score (nSPS) is 12.8. The molecule has 0 unspecified atom stereocenters. The van der Waals surface area contributed by atoms with Gasteiger partial charge in [0.05, 0.1) is 0 Å². The van der Waals surface area contributed by atoms with Gasteiger partial charge in [0.2, 0.25) is 0 Å². The predicted octanol–water partition coefficient (Wildman–Crippen LogP) is 3.57. The molecule has 54 valence electrons. The molecule has 0 spiro atoms. The molecule has 9 heavy (non-hydrogen) atoms. The average Bonchev–Trinajstić information content (AvgIpc) is 1.63. The number of halogens is 1. The van der Waals surface area contributed by atoms with Gasteiger partial charge in [0.1, 0.15) is 0 Å². The average molecular weight is 147 g/mol. The van der Waals surface area contributed by atoms with E-state index in [9.17, 15) is 0 Å². The van der Waals surface area contributed by atoms with Crippen molar-refractivity contribution in [3.8, 4) is 0 Å². The minimum Gasteiger partial charge on any atom is -0.0895 e. The third-order valence-corrected chi connectivity index (χ3v) is 1.32. The third-order valence-electron chi connectivity index (χ3n) is 1.00. The standard InChI is InChI=1S/C8H15Cl/c1-4-5-8(9)6-7(2)3/h6-7H,4-5H2,1-3H3. The predicted molar refractivity (Wildman–Crippen MR) is 43.7 cm³/mol. The molecule has 1 heteroatoms. The van der Waals surface area contributed by atoms with Crippen LogP contribution >= 0.6 is 11.6 Å². The van der Waals surface area contributed by atoms with E-state index in [0.29, 0.717) is 5.92 Å². The Labute approximate surface area is 62.9 Å². The molecular weight excluding hydrogens is 132 g/mol. The summed E-state index contributed by atoms with van der Waals surface area (Å²) in [5.41, 5.74) is 0. The Bertz CT molecular complexity index is 92.7. The van der Waals surface area contributed by atoms with Crippen molar-refractivity contribution in [3.63, 3.8) is 0 Å². The minimum atomic E-state index is 0.587. The van der Waals surface area contributed by atoms with Gasteiger partial charge in [-0.2, -0.15) is 0 Å². The number of hydrogen-bond donors (Lipinski definition) is 0. The maximum Gasteiger partial charge on any atom is 0.0143 e. The second-order valence-electron chi connectivity index (χ2n) is 2.61. The molecule has 0 rings (SSSR count). The van der Waals surface area contributed by atoms with Gasteiger partial charge in [-0.15, -0.1) is 0 Å². The Kier molecular flexibility index (Phi) is 4.88. The van der Waals surface area contributed by atoms with Crippen LogP contribution in [0.5, 0.6) is 0 Å². The van der Waals surface area contributed by atoms with Crippen molar-refractivity contribution in [1.29, 1.82) is 0 Å². The topological polar surface area (TPSA) is 0 Å². The Hall–Kier alpha value is 0.0300. The number of rotatable bonds is 3. The minimum absolute atomic E-state index is 0.587. The second-order valence-corrected chi connectivity index (χ2v) is 3.09. The summed E-state index contributed by atoms with van der Waals surface area (Å²) in [6.45, 7) is 6.41. The van der Waals surface area contributed by atoms with Gasteiger partial charge in [0.25, 0.3) is 0 Å². The molecule has 0 heterocycles. The Morgan fingerprint density at radius 3 is 2.44 bits per heavy atom. The molecule has 0 saturated carbocycles. The molecule has 0 atom stereocenters. The van der Waals surface area contributed by atoms with E-state index in [1.807, 2.05) is 0 Å². The van der Waals surface area contributed by atoms with Crippen LogP contribution in [-0.4, -0.2) is 0 Å². The van der Waals surface area contributed by atoms with Crippen LogP contribution in [0, 0.1) is 5.92 Å². The Morgan fingerprint density at radius 2 is 2.11 bits per heavy atom. The van der Waals surface area contributed by atoms with Crippen molar-refractivity contribution in [1.82, 2.24) is 0 Å². The third kappa shape index (κ3) is 5.91. The molecule has 0 amide bonds. The summed E-state index contributed by atoms with van der Waals surface area (Å²) in [4.78, 5) is 0. The van der Waals surface area contributed by atoms with Gasteiger partial charge < -0.3 is 0 Å². The van der Waals surface area contributed by atoms with Crippen molar-refractivity contribution in [2.45, 2.75) is 33.6 Å². The van der Waals surface area contributed by atoms with E-state index in [2.05, 4.69) is 26.8 Å². The molecule has 0 aliphatic rings. The lowest BCUT2D eigenvalue weighted by atomic mass is 10.2. The van der Waals surface area contributed by atoms with Crippen molar-refractivity contribution in [2.24, 2.45) is 5.92 Å². The molecule has 0 aliphatic heterocycles. The summed E-state index contributed by atoms with van der Waals surface area (Å²) in [6, 6.07) is 0. The van der Waals surface area contributed by atoms with Crippen molar-refractivity contribution in [2.75, 3.05) is 0 Å². The lowest BCUT2D eigenvalue weighted by Gasteiger charge is -1.97. The van der Waals surface area contributed by atoms with Crippen LogP contribution < -0.4 is 0 Å². The molecule has 0 nitrogen and oxygen atoms in total. The zero-order chi connectivity index (χ0) is 7.28. The zero-order valence-electron chi connectivity index (χ0n) is 6.45. The summed E-state index contributed by atoms with van der Waals surface area (Å²) in [7, 11) is 0. The van der Waals surface area contributed by atoms with E-state index in [-0.39, 0.29) is 0 Å². The second kappa shape index (κ2) is 4.87. The summed E-state index contributed by atoms with van der Waals surface area (Å²) in [5, 5.41) is 1.01. The van der Waals surface area contributed by atoms with Gasteiger partial charge in [0, 0.05) is 5.03 Å². The lowest BCUT2D eigenvalue weighted by Crippen LogP contribution is -1.80. The Balaban J connectivity index is 3.55. The van der Waals surface area contributed by atoms with Gasteiger partial charge in [-0.1, -0.05) is 44.9 Å². The van der Waals surface area contributed by atoms with Crippen LogP contribution in [-0.2, 0) is 0 Å². The summed E-state index contributed by atoms with van der Waals surface area (Å²) >= 11 is 5.84. The SMILES string of the molecule is CCCC(Cl)=CC(C)C. The maximum absolute atomic E-state index is 5.84. The molecule has 0 bridgehead atoms. The monoisotopic (exact) mass is 146 g/mol. The van der Waals surface area contributed by atoms with Crippen LogP contribution in [0.25, 0.3) is 0 Å². The smallest absolute Gasteiger partial charge is 0.0143 e. The molecular formula is C8H15Cl. The lowest BCUT2D eigenvalue weighted by molar-refractivity contribution is 0.814. The summed E-state index contributed by atoms with van der Waals surface area (Å²) in [6.07, 6.45) is 4.27. The molecule has 0 aliphatic carbocycles. The van der Waals surface area contributed by atoms with E-state index in [4.69, 9.17) is 11.6 Å². The van der Waals surface area contributed by atoms with Gasteiger partial charge in [-0.3, -0.25) is 0 Å². The van der Waals surface area contributed by atoms with E-state index in [1.54, 1.807) is 0 Å². The molecule has 0 aromatic carbocycles. The highest BCUT2D eigenvalue weighted by molar-refractivity contribution is 6.29. The fraction of sp³-hybridized carbons (Fsp3) is 0.750. The van der Waals surface area contributed by atoms with E-state index < -0.39 is 0 Å². The largest absolute Gasteiger partial charge is 0.0895 e. The molecule has 0 N–H and O–H groups in total. The summed E-state index contributed by atoms with van der Waals surface area (Å²) in [5.74, 6) is 0.587. The van der Waals surface area contributed by atoms with Gasteiger partial charge in [-0.05, 0) is 12.3 Å². The highest BCUT2D eigenvalue weighted by Crippen LogP contribution is 2.12. The molecule has 0 aromatic rings. The molecule has 0 aromatic heterocycles. The first-order valence-electron chi connectivity index (χ1n) is 3.53. The number of hydrogen-bond acceptors (Lipinski definition) is 0. The fourth-order valence-electron chi connectivity index (χ4n) is 0.684. The van der Waals surface area contributed by atoms with Crippen LogP contribution in [0.1, 0.15) is 33.6 Å². The van der Waals surface area contributed by atoms with Gasteiger partial charge in [-0.25, -0.2) is 0 Å². The molecule has 0 fully saturated rings. The molecule has 0 radical (unpaired) electrons. The maximum atomic E-state index is 5.84. The van der Waals surface area contributed by atoms with Crippen LogP contribution in [0.2, 0.25) is 0 Å². The zero-order valence-corrected chi connectivity index (χ0v) is 7.20. The van der Waals surface area contributed by atoms with Crippen LogP contribution in [0.4, 0.5) is 0 Å². The first-order chi connectivity index (χ1) is 4.16. The quantitative estimate of drug-likeness (QED) is 0.571. The van der Waals surface area contributed by atoms with Crippen LogP contribution in [0.15, 0.2) is 11.1 Å². The first-order valence-corrected chi connectivity index (χ1v) is 3.90. The van der Waals surface area contributed by atoms with Crippen molar-refractivity contribution < 1.29 is 0 Å². The Morgan fingerprint density at radius 1 is 1.56 bits per heavy atom. The summed E-state index contributed by atoms with van der Waals surface area (Å²) < 4.78 is 0. The van der Waals surface area contributed by atoms with Crippen molar-refractivity contribution in [3.05, 3.63) is 11.1 Å². The highest BCUT2D eigenvalue weighted by Gasteiger charge is 1.91. The van der Waals surface area contributed by atoms with E-state index in [0.717, 1.165) is 17.9 Å². The van der Waals surface area contributed by atoms with Gasteiger partial charge in [0.15, 0.2) is 0 Å². The first kappa shape index (κ1) is 9.03. The van der Waals surface area contributed by atoms with E-state index in [1.165, 1.54) is 0 Å². The van der Waals surface area contributed by atoms with Crippen molar-refractivity contribution >= 4 is 11.6 Å². The molecule has 0 saturated heterocycles. The van der Waals surface area contributed by atoms with Crippen LogP contribution in [0.3, 0.4) is 0 Å². The van der Waals surface area contributed by atoms with Gasteiger partial charge >= 0.3 is 0 Å². The van der Waals surface area contributed by atoms with E-state index >= 15 is 0 Å². The highest BCUT2D eigenvalue weighted by atomic mass is 35.5. The number of allylic oxidation sites excluding steroid dienone is 2.